The maximum Gasteiger partial charge on any atom is 0.141 e. The highest BCUT2D eigenvalue weighted by Gasteiger charge is 2.38. The van der Waals surface area contributed by atoms with Crippen LogP contribution in [0.2, 0.25) is 19.6 Å². The molecule has 0 rings (SSSR count). The minimum absolute atomic E-state index is 0.435. The van der Waals surface area contributed by atoms with E-state index in [1.165, 1.54) is 6.92 Å². The summed E-state index contributed by atoms with van der Waals surface area (Å²) >= 11 is 0. The van der Waals surface area contributed by atoms with Crippen LogP contribution in [0.25, 0.3) is 0 Å². The third kappa shape index (κ3) is 4.00. The topological polar surface area (TPSA) is 98.0 Å². The van der Waals surface area contributed by atoms with Gasteiger partial charge in [0.05, 0.1) is 6.10 Å². The van der Waals surface area contributed by atoms with E-state index in [1.54, 1.807) is 19.6 Å². The van der Waals surface area contributed by atoms with Gasteiger partial charge in [-0.05, 0) is 6.92 Å². The van der Waals surface area contributed by atoms with Crippen molar-refractivity contribution in [1.29, 1.82) is 0 Å². The quantitative estimate of drug-likeness (QED) is 0.454. The summed E-state index contributed by atoms with van der Waals surface area (Å²) in [6.45, 7) is 6.49. The molecule has 90 valence electrons. The fourth-order valence-corrected chi connectivity index (χ4v) is 2.13. The molecule has 0 spiro atoms. The molecule has 6 heteroatoms. The molecule has 0 saturated heterocycles. The summed E-state index contributed by atoms with van der Waals surface area (Å²) in [6, 6.07) is 0. The van der Waals surface area contributed by atoms with Gasteiger partial charge >= 0.3 is 0 Å². The second-order valence-electron chi connectivity index (χ2n) is 4.78. The zero-order valence-electron chi connectivity index (χ0n) is 9.51. The summed E-state index contributed by atoms with van der Waals surface area (Å²) in [7, 11) is -2.21. The van der Waals surface area contributed by atoms with Crippen molar-refractivity contribution >= 4 is 13.5 Å². The predicted molar refractivity (Wildman–Crippen MR) is 58.1 cm³/mol. The number of carbonyl (C=O) groups is 1. The van der Waals surface area contributed by atoms with Crippen LogP contribution in [0.1, 0.15) is 6.92 Å². The maximum absolute atomic E-state index is 11.6. The number of rotatable bonds is 5. The lowest BCUT2D eigenvalue weighted by molar-refractivity contribution is -0.137. The molecule has 0 amide bonds. The molecule has 0 heterocycles. The van der Waals surface area contributed by atoms with Crippen molar-refractivity contribution < 1.29 is 25.2 Å². The van der Waals surface area contributed by atoms with Crippen molar-refractivity contribution in [3.05, 3.63) is 0 Å². The van der Waals surface area contributed by atoms with Gasteiger partial charge in [0.25, 0.3) is 0 Å². The molecule has 0 saturated carbocycles. The summed E-state index contributed by atoms with van der Waals surface area (Å²) < 4.78 is 0. The minimum atomic E-state index is -2.21. The van der Waals surface area contributed by atoms with Gasteiger partial charge in [0.1, 0.15) is 31.8 Å². The van der Waals surface area contributed by atoms with E-state index in [1.807, 2.05) is 0 Å². The van der Waals surface area contributed by atoms with Gasteiger partial charge in [0.2, 0.25) is 0 Å². The Balaban J connectivity index is 4.58. The Hall–Kier alpha value is -0.273. The van der Waals surface area contributed by atoms with Crippen LogP contribution in [-0.4, -0.2) is 58.3 Å². The fourth-order valence-electron chi connectivity index (χ4n) is 1.07. The molecule has 0 fully saturated rings. The molecule has 4 atom stereocenters. The summed E-state index contributed by atoms with van der Waals surface area (Å²) in [6.07, 6.45) is -5.96. The largest absolute Gasteiger partial charge is 0.391 e. The van der Waals surface area contributed by atoms with Crippen LogP contribution in [0.15, 0.2) is 0 Å². The highest BCUT2D eigenvalue weighted by atomic mass is 28.3. The third-order valence-electron chi connectivity index (χ3n) is 2.18. The van der Waals surface area contributed by atoms with Crippen molar-refractivity contribution in [2.24, 2.45) is 0 Å². The van der Waals surface area contributed by atoms with Crippen LogP contribution in [0.5, 0.6) is 0 Å². The standard InChI is InChI=1S/C9H20O5Si/c1-5(10)6(11)7(12)8(13)9(14)15(2,3)4/h5-8,10-13H,1-4H3. The van der Waals surface area contributed by atoms with E-state index >= 15 is 0 Å². The summed E-state index contributed by atoms with van der Waals surface area (Å²) in [4.78, 5) is 11.6. The Bertz CT molecular complexity index is 223. The van der Waals surface area contributed by atoms with Crippen LogP contribution in [0, 0.1) is 0 Å². The molecule has 5 nitrogen and oxygen atoms in total. The molecule has 4 unspecified atom stereocenters. The molecular formula is C9H20O5Si. The Kier molecular flexibility index (Phi) is 5.08. The monoisotopic (exact) mass is 236 g/mol. The number of aliphatic hydroxyl groups excluding tert-OH is 4. The minimum Gasteiger partial charge on any atom is -0.391 e. The van der Waals surface area contributed by atoms with Crippen LogP contribution in [-0.2, 0) is 4.79 Å². The molecule has 4 N–H and O–H groups in total. The van der Waals surface area contributed by atoms with E-state index < -0.39 is 37.9 Å². The smallest absolute Gasteiger partial charge is 0.141 e. The summed E-state index contributed by atoms with van der Waals surface area (Å²) in [5.41, 5.74) is 0. The van der Waals surface area contributed by atoms with E-state index in [-0.39, 0.29) is 0 Å². The van der Waals surface area contributed by atoms with Gasteiger partial charge in [0, 0.05) is 0 Å². The first-order valence-electron chi connectivity index (χ1n) is 4.85. The molecule has 0 aliphatic carbocycles. The third-order valence-corrected chi connectivity index (χ3v) is 3.95. The number of hydrogen-bond donors (Lipinski definition) is 4. The number of hydrogen-bond acceptors (Lipinski definition) is 5. The zero-order chi connectivity index (χ0) is 12.4. The van der Waals surface area contributed by atoms with Crippen LogP contribution < -0.4 is 0 Å². The maximum atomic E-state index is 11.6. The van der Waals surface area contributed by atoms with Gasteiger partial charge in [0.15, 0.2) is 0 Å². The highest BCUT2D eigenvalue weighted by Crippen LogP contribution is 2.12. The first-order chi connectivity index (χ1) is 6.59. The highest BCUT2D eigenvalue weighted by molar-refractivity contribution is 7.04. The van der Waals surface area contributed by atoms with E-state index in [2.05, 4.69) is 0 Å². The first-order valence-corrected chi connectivity index (χ1v) is 8.35. The normalized spacial score (nSPS) is 20.5. The van der Waals surface area contributed by atoms with E-state index in [9.17, 15) is 20.1 Å². The van der Waals surface area contributed by atoms with Crippen molar-refractivity contribution in [3.63, 3.8) is 0 Å². The second kappa shape index (κ2) is 5.18. The number of carbonyl (C=O) groups excluding carboxylic acids is 1. The fraction of sp³-hybridized carbons (Fsp3) is 0.889. The summed E-state index contributed by atoms with van der Waals surface area (Å²) in [5.74, 6) is 0. The Morgan fingerprint density at radius 3 is 1.67 bits per heavy atom. The van der Waals surface area contributed by atoms with Crippen molar-refractivity contribution in [2.75, 3.05) is 0 Å². The van der Waals surface area contributed by atoms with Gasteiger partial charge in [-0.2, -0.15) is 0 Å². The van der Waals surface area contributed by atoms with Gasteiger partial charge in [-0.15, -0.1) is 0 Å². The lowest BCUT2D eigenvalue weighted by Crippen LogP contribution is -2.53. The van der Waals surface area contributed by atoms with Crippen molar-refractivity contribution in [3.8, 4) is 0 Å². The molecular weight excluding hydrogens is 216 g/mol. The van der Waals surface area contributed by atoms with Crippen molar-refractivity contribution in [1.82, 2.24) is 0 Å². The molecule has 0 aliphatic rings. The molecule has 0 bridgehead atoms. The van der Waals surface area contributed by atoms with Crippen LogP contribution in [0.4, 0.5) is 0 Å². The SMILES string of the molecule is CC(O)C(O)C(O)C(O)C(=O)[Si](C)(C)C. The van der Waals surface area contributed by atoms with Crippen LogP contribution in [0.3, 0.4) is 0 Å². The lowest BCUT2D eigenvalue weighted by atomic mass is 10.1. The molecule has 0 aliphatic heterocycles. The van der Waals surface area contributed by atoms with E-state index in [0.717, 1.165) is 0 Å². The Morgan fingerprint density at radius 2 is 1.40 bits per heavy atom. The Morgan fingerprint density at radius 1 is 1.00 bits per heavy atom. The molecule has 15 heavy (non-hydrogen) atoms. The molecule has 0 aromatic carbocycles. The number of aliphatic hydroxyl groups is 4. The molecule has 0 aromatic rings. The predicted octanol–water partition coefficient (Wildman–Crippen LogP) is -1.10. The van der Waals surface area contributed by atoms with Crippen molar-refractivity contribution in [2.45, 2.75) is 51.0 Å². The average Bonchev–Trinajstić information content (AvgIpc) is 2.11. The lowest BCUT2D eigenvalue weighted by Gasteiger charge is -2.27. The van der Waals surface area contributed by atoms with E-state index in [4.69, 9.17) is 5.11 Å². The molecule has 0 aromatic heterocycles. The Labute approximate surface area is 90.4 Å². The van der Waals surface area contributed by atoms with Gasteiger partial charge in [-0.3, -0.25) is 0 Å². The van der Waals surface area contributed by atoms with E-state index in [0.29, 0.717) is 0 Å². The summed E-state index contributed by atoms with van der Waals surface area (Å²) in [5, 5.41) is 36.8. The van der Waals surface area contributed by atoms with Gasteiger partial charge in [-0.1, -0.05) is 19.6 Å². The average molecular weight is 236 g/mol. The first kappa shape index (κ1) is 14.7. The zero-order valence-corrected chi connectivity index (χ0v) is 10.5. The van der Waals surface area contributed by atoms with Gasteiger partial charge < -0.3 is 25.2 Å². The van der Waals surface area contributed by atoms with Crippen LogP contribution >= 0.6 is 0 Å². The second-order valence-corrected chi connectivity index (χ2v) is 9.77. The van der Waals surface area contributed by atoms with Gasteiger partial charge in [-0.25, -0.2) is 0 Å². The molecule has 0 radical (unpaired) electrons.